The number of hydrogen-bond acceptors (Lipinski definition) is 4. The van der Waals surface area contributed by atoms with E-state index in [9.17, 15) is 14.3 Å². The second-order valence-corrected chi connectivity index (χ2v) is 5.98. The molecule has 0 saturated carbocycles. The summed E-state index contributed by atoms with van der Waals surface area (Å²) in [4.78, 5) is 10.7. The third kappa shape index (κ3) is 3.10. The van der Waals surface area contributed by atoms with Crippen molar-refractivity contribution < 1.29 is 9.13 Å². The van der Waals surface area contributed by atoms with Crippen LogP contribution in [0.25, 0.3) is 6.08 Å². The zero-order valence-corrected chi connectivity index (χ0v) is 11.2. The maximum absolute atomic E-state index is 12.3. The molecule has 2 aromatic carbocycles. The number of nitro benzene ring substituents is 1. The summed E-state index contributed by atoms with van der Waals surface area (Å²) < 4.78 is 20.1. The molecule has 1 unspecified atom stereocenters. The highest BCUT2D eigenvalue weighted by molar-refractivity contribution is 7.95. The van der Waals surface area contributed by atoms with Gasteiger partial charge in [0.1, 0.15) is 0 Å². The summed E-state index contributed by atoms with van der Waals surface area (Å²) in [5, 5.41) is 12.1. The van der Waals surface area contributed by atoms with Crippen molar-refractivity contribution in [3.05, 3.63) is 75.7 Å². The Morgan fingerprint density at radius 2 is 1.65 bits per heavy atom. The normalized spacial score (nSPS) is 14.0. The molecule has 0 radical (unpaired) electrons. The van der Waals surface area contributed by atoms with Gasteiger partial charge in [0, 0.05) is 11.5 Å². The topological polar surface area (TPSA) is 84.1 Å². The van der Waals surface area contributed by atoms with Crippen LogP contribution in [-0.2, 0) is 9.73 Å². The molecule has 0 amide bonds. The Bertz CT molecular complexity index is 753. The quantitative estimate of drug-likeness (QED) is 0.688. The predicted molar refractivity (Wildman–Crippen MR) is 77.7 cm³/mol. The molecule has 1 atom stereocenters. The van der Waals surface area contributed by atoms with Crippen LogP contribution in [0.4, 0.5) is 5.69 Å². The molecular formula is C14H12N2O3S. The number of hydrogen-bond donors (Lipinski definition) is 1. The van der Waals surface area contributed by atoms with Crippen LogP contribution < -0.4 is 0 Å². The third-order valence-corrected chi connectivity index (χ3v) is 4.16. The van der Waals surface area contributed by atoms with Gasteiger partial charge < -0.3 is 0 Å². The molecule has 102 valence electrons. The summed E-state index contributed by atoms with van der Waals surface area (Å²) in [6, 6.07) is 14.5. The van der Waals surface area contributed by atoms with Crippen molar-refractivity contribution in [3.8, 4) is 0 Å². The number of nitrogens with one attached hydrogen (secondary N) is 1. The molecule has 0 aliphatic heterocycles. The summed E-state index contributed by atoms with van der Waals surface area (Å²) in [6.07, 6.45) is 1.36. The zero-order valence-electron chi connectivity index (χ0n) is 10.4. The van der Waals surface area contributed by atoms with Gasteiger partial charge in [0.05, 0.1) is 25.1 Å². The van der Waals surface area contributed by atoms with E-state index in [1.165, 1.54) is 17.6 Å². The predicted octanol–water partition coefficient (Wildman–Crippen LogP) is 3.67. The van der Waals surface area contributed by atoms with Gasteiger partial charge in [-0.1, -0.05) is 30.3 Å². The molecule has 0 aliphatic carbocycles. The van der Waals surface area contributed by atoms with E-state index in [1.54, 1.807) is 48.5 Å². The first-order chi connectivity index (χ1) is 9.50. The van der Waals surface area contributed by atoms with Crippen molar-refractivity contribution in [1.29, 1.82) is 4.78 Å². The summed E-state index contributed by atoms with van der Waals surface area (Å²) in [7, 11) is -3.10. The van der Waals surface area contributed by atoms with Gasteiger partial charge in [-0.25, -0.2) is 8.99 Å². The molecular weight excluding hydrogens is 276 g/mol. The molecule has 5 nitrogen and oxygen atoms in total. The molecule has 2 aromatic rings. The number of nitrogens with zero attached hydrogens (tertiary/aromatic N) is 1. The second kappa shape index (κ2) is 5.66. The van der Waals surface area contributed by atoms with Crippen LogP contribution in [0.15, 0.2) is 64.9 Å². The fourth-order valence-corrected chi connectivity index (χ4v) is 2.72. The summed E-state index contributed by atoms with van der Waals surface area (Å²) in [6.45, 7) is 0. The number of benzene rings is 2. The lowest BCUT2D eigenvalue weighted by Gasteiger charge is -2.01. The van der Waals surface area contributed by atoms with Gasteiger partial charge in [0.15, 0.2) is 0 Å². The summed E-state index contributed by atoms with van der Waals surface area (Å²) >= 11 is 0. The molecule has 0 saturated heterocycles. The fourth-order valence-electron chi connectivity index (χ4n) is 1.67. The smallest absolute Gasteiger partial charge is 0.258 e. The van der Waals surface area contributed by atoms with E-state index < -0.39 is 14.7 Å². The highest BCUT2D eigenvalue weighted by atomic mass is 32.2. The Morgan fingerprint density at radius 3 is 2.30 bits per heavy atom. The van der Waals surface area contributed by atoms with Crippen molar-refractivity contribution in [1.82, 2.24) is 0 Å². The maximum atomic E-state index is 12.3. The Labute approximate surface area is 116 Å². The van der Waals surface area contributed by atoms with Crippen molar-refractivity contribution >= 4 is 21.5 Å². The third-order valence-electron chi connectivity index (χ3n) is 2.67. The Hall–Kier alpha value is -2.47. The lowest BCUT2D eigenvalue weighted by molar-refractivity contribution is -0.385. The van der Waals surface area contributed by atoms with Crippen LogP contribution in [0, 0.1) is 14.9 Å². The average molecular weight is 288 g/mol. The fraction of sp³-hybridized carbons (Fsp3) is 0. The van der Waals surface area contributed by atoms with Crippen molar-refractivity contribution in [3.63, 3.8) is 0 Å². The van der Waals surface area contributed by atoms with Gasteiger partial charge in [-0.2, -0.15) is 0 Å². The minimum atomic E-state index is -3.10. The highest BCUT2D eigenvalue weighted by Crippen LogP contribution is 2.21. The van der Waals surface area contributed by atoms with Crippen LogP contribution in [0.5, 0.6) is 0 Å². The first-order valence-corrected chi connectivity index (χ1v) is 7.38. The SMILES string of the molecule is N=S(=O)(/C=C/c1ccccc1[N+](=O)[O-])c1ccccc1. The average Bonchev–Trinajstić information content (AvgIpc) is 2.46. The Morgan fingerprint density at radius 1 is 1.05 bits per heavy atom. The molecule has 0 aromatic heterocycles. The molecule has 0 fully saturated rings. The number of rotatable bonds is 4. The second-order valence-electron chi connectivity index (χ2n) is 4.03. The summed E-state index contributed by atoms with van der Waals surface area (Å²) in [5.74, 6) is 0. The van der Waals surface area contributed by atoms with E-state index in [1.807, 2.05) is 0 Å². The maximum Gasteiger partial charge on any atom is 0.276 e. The molecule has 1 N–H and O–H groups in total. The first-order valence-electron chi connectivity index (χ1n) is 5.76. The zero-order chi connectivity index (χ0) is 14.6. The first kappa shape index (κ1) is 14.0. The minimum Gasteiger partial charge on any atom is -0.258 e. The molecule has 0 spiro atoms. The van der Waals surface area contributed by atoms with Crippen LogP contribution >= 0.6 is 0 Å². The molecule has 0 aliphatic rings. The minimum absolute atomic E-state index is 0.0768. The number of nitro groups is 1. The Balaban J connectivity index is 2.38. The Kier molecular flexibility index (Phi) is 3.95. The van der Waals surface area contributed by atoms with E-state index in [2.05, 4.69) is 0 Å². The largest absolute Gasteiger partial charge is 0.276 e. The van der Waals surface area contributed by atoms with E-state index in [0.717, 1.165) is 0 Å². The van der Waals surface area contributed by atoms with Crippen LogP contribution in [0.3, 0.4) is 0 Å². The molecule has 2 rings (SSSR count). The molecule has 0 heterocycles. The van der Waals surface area contributed by atoms with Gasteiger partial charge in [0.2, 0.25) is 0 Å². The van der Waals surface area contributed by atoms with Gasteiger partial charge in [0.25, 0.3) is 5.69 Å². The molecule has 0 bridgehead atoms. The highest BCUT2D eigenvalue weighted by Gasteiger charge is 2.11. The van der Waals surface area contributed by atoms with E-state index in [-0.39, 0.29) is 5.69 Å². The molecule has 6 heteroatoms. The summed E-state index contributed by atoms with van der Waals surface area (Å²) in [5.41, 5.74) is 0.250. The van der Waals surface area contributed by atoms with E-state index in [0.29, 0.717) is 10.5 Å². The number of para-hydroxylation sites is 1. The monoisotopic (exact) mass is 288 g/mol. The van der Waals surface area contributed by atoms with Crippen molar-refractivity contribution in [2.45, 2.75) is 4.90 Å². The van der Waals surface area contributed by atoms with Crippen molar-refractivity contribution in [2.75, 3.05) is 0 Å². The van der Waals surface area contributed by atoms with Gasteiger partial charge in [-0.15, -0.1) is 0 Å². The van der Waals surface area contributed by atoms with Crippen LogP contribution in [0.2, 0.25) is 0 Å². The van der Waals surface area contributed by atoms with E-state index >= 15 is 0 Å². The lowest BCUT2D eigenvalue weighted by Crippen LogP contribution is -1.94. The van der Waals surface area contributed by atoms with Crippen LogP contribution in [-0.4, -0.2) is 9.13 Å². The standard InChI is InChI=1S/C14H12N2O3S/c15-20(19,13-7-2-1-3-8-13)11-10-12-6-4-5-9-14(12)16(17)18/h1-11,15H/b11-10+. The van der Waals surface area contributed by atoms with E-state index in [4.69, 9.17) is 4.78 Å². The van der Waals surface area contributed by atoms with Gasteiger partial charge >= 0.3 is 0 Å². The lowest BCUT2D eigenvalue weighted by atomic mass is 10.2. The van der Waals surface area contributed by atoms with Crippen molar-refractivity contribution in [2.24, 2.45) is 0 Å². The van der Waals surface area contributed by atoms with Gasteiger partial charge in [-0.05, 0) is 24.3 Å². The van der Waals surface area contributed by atoms with Crippen LogP contribution in [0.1, 0.15) is 5.56 Å². The van der Waals surface area contributed by atoms with Gasteiger partial charge in [-0.3, -0.25) is 10.1 Å². The molecule has 20 heavy (non-hydrogen) atoms.